The molecule has 0 aliphatic carbocycles. The average molecular weight is 397 g/mol. The Hall–Kier alpha value is -2.35. The number of ether oxygens (including phenoxy) is 2. The minimum atomic E-state index is -4.00. The number of nitrogens with one attached hydrogen (secondary N) is 1. The molecule has 0 saturated carbocycles. The third kappa shape index (κ3) is 9.23. The standard InChI is InChI=1S/C19H27NO6S/c1-4-5-6-8-17(9-7-14-25-16(3)21)26-19(22)20-27(23,24)18-12-10-15(2)11-13-18/h7,9-13,17H,4-6,8,14H2,1-3H3,(H,20,22)/b9-7-. The lowest BCUT2D eigenvalue weighted by Gasteiger charge is -2.15. The van der Waals surface area contributed by atoms with Gasteiger partial charge in [-0.15, -0.1) is 0 Å². The van der Waals surface area contributed by atoms with E-state index in [2.05, 4.69) is 0 Å². The third-order valence-corrected chi connectivity index (χ3v) is 4.96. The van der Waals surface area contributed by atoms with Crippen LogP contribution in [0.4, 0.5) is 4.79 Å². The van der Waals surface area contributed by atoms with Crippen LogP contribution in [0.5, 0.6) is 0 Å². The first-order valence-electron chi connectivity index (χ1n) is 8.84. The Balaban J connectivity index is 2.70. The second-order valence-electron chi connectivity index (χ2n) is 6.09. The van der Waals surface area contributed by atoms with Crippen LogP contribution < -0.4 is 4.72 Å². The van der Waals surface area contributed by atoms with Gasteiger partial charge in [0.1, 0.15) is 12.7 Å². The highest BCUT2D eigenvalue weighted by Crippen LogP contribution is 2.12. The van der Waals surface area contributed by atoms with Crippen molar-refractivity contribution in [3.63, 3.8) is 0 Å². The van der Waals surface area contributed by atoms with Crippen molar-refractivity contribution in [1.29, 1.82) is 0 Å². The summed E-state index contributed by atoms with van der Waals surface area (Å²) < 4.78 is 36.4. The van der Waals surface area contributed by atoms with Gasteiger partial charge in [0.05, 0.1) is 4.90 Å². The molecule has 0 bridgehead atoms. The zero-order valence-corrected chi connectivity index (χ0v) is 16.8. The van der Waals surface area contributed by atoms with E-state index in [-0.39, 0.29) is 11.5 Å². The molecule has 1 rings (SSSR count). The molecule has 0 spiro atoms. The van der Waals surface area contributed by atoms with Gasteiger partial charge in [-0.2, -0.15) is 0 Å². The molecule has 0 aromatic heterocycles. The summed E-state index contributed by atoms with van der Waals surface area (Å²) in [6.45, 7) is 5.24. The summed E-state index contributed by atoms with van der Waals surface area (Å²) in [5.41, 5.74) is 0.908. The summed E-state index contributed by atoms with van der Waals surface area (Å²) in [6.07, 6.45) is 4.82. The number of unbranched alkanes of at least 4 members (excludes halogenated alkanes) is 2. The molecule has 0 heterocycles. The number of carbonyl (C=O) groups is 2. The van der Waals surface area contributed by atoms with Gasteiger partial charge in [0.15, 0.2) is 0 Å². The fourth-order valence-electron chi connectivity index (χ4n) is 2.21. The Kier molecular flexibility index (Phi) is 9.56. The lowest BCUT2D eigenvalue weighted by molar-refractivity contribution is -0.139. The lowest BCUT2D eigenvalue weighted by Crippen LogP contribution is -2.33. The maximum Gasteiger partial charge on any atom is 0.421 e. The molecule has 1 amide bonds. The molecule has 0 fully saturated rings. The van der Waals surface area contributed by atoms with Crippen LogP contribution in [0.25, 0.3) is 0 Å². The Labute approximate surface area is 160 Å². The Morgan fingerprint density at radius 1 is 1.19 bits per heavy atom. The highest BCUT2D eigenvalue weighted by atomic mass is 32.2. The monoisotopic (exact) mass is 397 g/mol. The van der Waals surface area contributed by atoms with Crippen molar-refractivity contribution in [1.82, 2.24) is 4.72 Å². The summed E-state index contributed by atoms with van der Waals surface area (Å²) >= 11 is 0. The highest BCUT2D eigenvalue weighted by molar-refractivity contribution is 7.90. The number of rotatable bonds is 10. The van der Waals surface area contributed by atoms with Gasteiger partial charge in [-0.1, -0.05) is 37.5 Å². The lowest BCUT2D eigenvalue weighted by atomic mass is 10.1. The van der Waals surface area contributed by atoms with Crippen molar-refractivity contribution in [3.05, 3.63) is 42.0 Å². The van der Waals surface area contributed by atoms with E-state index in [9.17, 15) is 18.0 Å². The molecule has 1 aromatic rings. The molecular weight excluding hydrogens is 370 g/mol. The van der Waals surface area contributed by atoms with Gasteiger partial charge in [0.2, 0.25) is 0 Å². The molecule has 27 heavy (non-hydrogen) atoms. The first-order valence-corrected chi connectivity index (χ1v) is 10.3. The zero-order chi connectivity index (χ0) is 20.3. The fourth-order valence-corrected chi connectivity index (χ4v) is 3.09. The smallest absolute Gasteiger partial charge is 0.421 e. The number of benzene rings is 1. The highest BCUT2D eigenvalue weighted by Gasteiger charge is 2.20. The number of hydrogen-bond donors (Lipinski definition) is 1. The van der Waals surface area contributed by atoms with Crippen molar-refractivity contribution >= 4 is 22.1 Å². The maximum absolute atomic E-state index is 12.2. The normalized spacial score (nSPS) is 12.6. The van der Waals surface area contributed by atoms with E-state index in [1.165, 1.54) is 19.1 Å². The van der Waals surface area contributed by atoms with Crippen LogP contribution in [0, 0.1) is 6.92 Å². The summed E-state index contributed by atoms with van der Waals surface area (Å²) in [5, 5.41) is 0. The number of amides is 1. The topological polar surface area (TPSA) is 98.8 Å². The number of aryl methyl sites for hydroxylation is 1. The van der Waals surface area contributed by atoms with E-state index in [0.29, 0.717) is 6.42 Å². The molecule has 0 aliphatic rings. The average Bonchev–Trinajstić information content (AvgIpc) is 2.58. The first kappa shape index (κ1) is 22.7. The molecule has 7 nitrogen and oxygen atoms in total. The van der Waals surface area contributed by atoms with E-state index in [1.807, 2.05) is 18.6 Å². The van der Waals surface area contributed by atoms with Gasteiger partial charge in [0.25, 0.3) is 10.0 Å². The molecule has 0 aliphatic heterocycles. The molecule has 1 unspecified atom stereocenters. The Bertz CT molecular complexity index is 740. The minimum absolute atomic E-state index is 0.0158. The molecule has 0 radical (unpaired) electrons. The fraction of sp³-hybridized carbons (Fsp3) is 0.474. The number of sulfonamides is 1. The van der Waals surface area contributed by atoms with E-state index in [4.69, 9.17) is 9.47 Å². The van der Waals surface area contributed by atoms with E-state index in [0.717, 1.165) is 24.8 Å². The molecule has 1 N–H and O–H groups in total. The van der Waals surface area contributed by atoms with E-state index >= 15 is 0 Å². The van der Waals surface area contributed by atoms with Crippen molar-refractivity contribution < 1.29 is 27.5 Å². The van der Waals surface area contributed by atoms with Gasteiger partial charge in [-0.25, -0.2) is 17.9 Å². The first-order chi connectivity index (χ1) is 12.7. The van der Waals surface area contributed by atoms with Gasteiger partial charge in [-0.05, 0) is 44.1 Å². The number of hydrogen-bond acceptors (Lipinski definition) is 6. The Morgan fingerprint density at radius 2 is 1.85 bits per heavy atom. The molecule has 8 heteroatoms. The predicted octanol–water partition coefficient (Wildman–Crippen LogP) is 3.48. The number of carbonyl (C=O) groups excluding carboxylic acids is 2. The largest absolute Gasteiger partial charge is 0.462 e. The molecule has 150 valence electrons. The summed E-state index contributed by atoms with van der Waals surface area (Å²) in [5.74, 6) is -0.412. The SMILES string of the molecule is CCCCCC(/C=C\COC(C)=O)OC(=O)NS(=O)(=O)c1ccc(C)cc1. The van der Waals surface area contributed by atoms with Gasteiger partial charge in [-0.3, -0.25) is 4.79 Å². The van der Waals surface area contributed by atoms with Gasteiger partial charge < -0.3 is 9.47 Å². The third-order valence-electron chi connectivity index (χ3n) is 3.63. The molecular formula is C19H27NO6S. The van der Waals surface area contributed by atoms with Crippen LogP contribution >= 0.6 is 0 Å². The van der Waals surface area contributed by atoms with Crippen molar-refractivity contribution in [3.8, 4) is 0 Å². The number of esters is 1. The van der Waals surface area contributed by atoms with Crippen molar-refractivity contribution in [2.24, 2.45) is 0 Å². The Morgan fingerprint density at radius 3 is 2.44 bits per heavy atom. The zero-order valence-electron chi connectivity index (χ0n) is 15.9. The van der Waals surface area contributed by atoms with Gasteiger partial charge in [0, 0.05) is 6.92 Å². The second kappa shape index (κ2) is 11.4. The van der Waals surface area contributed by atoms with Crippen LogP contribution in [0.2, 0.25) is 0 Å². The maximum atomic E-state index is 12.2. The molecule has 1 aromatic carbocycles. The van der Waals surface area contributed by atoms with Crippen LogP contribution in [0.3, 0.4) is 0 Å². The minimum Gasteiger partial charge on any atom is -0.462 e. The van der Waals surface area contributed by atoms with Crippen LogP contribution in [0.15, 0.2) is 41.3 Å². The van der Waals surface area contributed by atoms with E-state index < -0.39 is 28.2 Å². The molecule has 0 saturated heterocycles. The summed E-state index contributed by atoms with van der Waals surface area (Å²) in [4.78, 5) is 22.8. The summed E-state index contributed by atoms with van der Waals surface area (Å²) in [7, 11) is -4.00. The second-order valence-corrected chi connectivity index (χ2v) is 7.77. The van der Waals surface area contributed by atoms with Crippen molar-refractivity contribution in [2.45, 2.75) is 57.5 Å². The van der Waals surface area contributed by atoms with Gasteiger partial charge >= 0.3 is 12.1 Å². The van der Waals surface area contributed by atoms with Crippen LogP contribution in [0.1, 0.15) is 45.1 Å². The van der Waals surface area contributed by atoms with Crippen molar-refractivity contribution in [2.75, 3.05) is 6.61 Å². The predicted molar refractivity (Wildman–Crippen MR) is 102 cm³/mol. The van der Waals surface area contributed by atoms with Crippen LogP contribution in [-0.2, 0) is 24.3 Å². The molecule has 1 atom stereocenters. The quantitative estimate of drug-likeness (QED) is 0.369. The van der Waals surface area contributed by atoms with E-state index in [1.54, 1.807) is 24.3 Å². The van der Waals surface area contributed by atoms with Crippen LogP contribution in [-0.4, -0.2) is 33.2 Å². The summed E-state index contributed by atoms with van der Waals surface area (Å²) in [6, 6.07) is 6.13.